The number of rotatable bonds is 5. The van der Waals surface area contributed by atoms with E-state index in [0.29, 0.717) is 19.6 Å². The van der Waals surface area contributed by atoms with E-state index in [9.17, 15) is 13.2 Å². The Morgan fingerprint density at radius 2 is 1.78 bits per heavy atom. The lowest BCUT2D eigenvalue weighted by Gasteiger charge is -2.35. The van der Waals surface area contributed by atoms with Crippen molar-refractivity contribution >= 4 is 16.3 Å². The highest BCUT2D eigenvalue weighted by molar-refractivity contribution is 7.86. The molecule has 1 aliphatic rings. The van der Waals surface area contributed by atoms with Crippen LogP contribution in [0.15, 0.2) is 30.3 Å². The van der Waals surface area contributed by atoms with E-state index in [4.69, 9.17) is 4.74 Å². The minimum atomic E-state index is -3.43. The molecule has 1 amide bonds. The van der Waals surface area contributed by atoms with Crippen LogP contribution in [-0.2, 0) is 21.6 Å². The lowest BCUT2D eigenvalue weighted by molar-refractivity contribution is 0.0831. The first-order valence-corrected chi connectivity index (χ1v) is 9.02. The first-order valence-electron chi connectivity index (χ1n) is 7.62. The highest BCUT2D eigenvalue weighted by atomic mass is 32.2. The summed E-state index contributed by atoms with van der Waals surface area (Å²) in [5.41, 5.74) is 0.923. The Kier molecular flexibility index (Phi) is 5.97. The number of piperazine rings is 1. The molecule has 2 rings (SSSR count). The smallest absolute Gasteiger partial charge is 0.410 e. The number of ether oxygens (including phenoxy) is 1. The normalized spacial score (nSPS) is 16.6. The second-order valence-corrected chi connectivity index (χ2v) is 7.38. The summed E-state index contributed by atoms with van der Waals surface area (Å²) in [5.74, 6) is 0. The summed E-state index contributed by atoms with van der Waals surface area (Å²) in [6.45, 7) is 3.67. The molecule has 0 atom stereocenters. The van der Waals surface area contributed by atoms with Gasteiger partial charge in [0.15, 0.2) is 0 Å². The van der Waals surface area contributed by atoms with Crippen LogP contribution in [0.25, 0.3) is 0 Å². The molecule has 128 valence electrons. The third-order valence-electron chi connectivity index (χ3n) is 3.87. The molecule has 0 aromatic heterocycles. The van der Waals surface area contributed by atoms with Crippen molar-refractivity contribution in [2.75, 3.05) is 39.8 Å². The Balaban J connectivity index is 1.83. The number of carbonyl (C=O) groups excluding carboxylic acids is 1. The minimum absolute atomic E-state index is 0.219. The number of carbonyl (C=O) groups is 1. The maximum Gasteiger partial charge on any atom is 0.410 e. The zero-order valence-electron chi connectivity index (χ0n) is 13.5. The highest BCUT2D eigenvalue weighted by Gasteiger charge is 2.31. The summed E-state index contributed by atoms with van der Waals surface area (Å²) in [7, 11) is -1.88. The molecular formula is C15H23N3O4S. The molecule has 7 nitrogen and oxygen atoms in total. The summed E-state index contributed by atoms with van der Waals surface area (Å²) in [4.78, 5) is 13.6. The topological polar surface area (TPSA) is 70.2 Å². The van der Waals surface area contributed by atoms with Crippen LogP contribution in [0.5, 0.6) is 0 Å². The SMILES string of the molecule is CCN(C)S(=O)(=O)N1CCN(C(=O)OCc2ccccc2)CC1. The number of benzene rings is 1. The first-order chi connectivity index (χ1) is 10.9. The maximum atomic E-state index is 12.2. The quantitative estimate of drug-likeness (QED) is 0.805. The van der Waals surface area contributed by atoms with Crippen LogP contribution in [0.2, 0.25) is 0 Å². The van der Waals surface area contributed by atoms with Gasteiger partial charge in [0.2, 0.25) is 0 Å². The molecule has 1 heterocycles. The Bertz CT molecular complexity index is 613. The highest BCUT2D eigenvalue weighted by Crippen LogP contribution is 2.12. The van der Waals surface area contributed by atoms with Crippen molar-refractivity contribution in [1.82, 2.24) is 13.5 Å². The molecule has 0 radical (unpaired) electrons. The lowest BCUT2D eigenvalue weighted by atomic mass is 10.2. The summed E-state index contributed by atoms with van der Waals surface area (Å²) < 4.78 is 32.4. The van der Waals surface area contributed by atoms with E-state index >= 15 is 0 Å². The average Bonchev–Trinajstić information content (AvgIpc) is 2.59. The van der Waals surface area contributed by atoms with Gasteiger partial charge in [-0.15, -0.1) is 0 Å². The Labute approximate surface area is 137 Å². The zero-order valence-corrected chi connectivity index (χ0v) is 14.3. The average molecular weight is 341 g/mol. The number of hydrogen-bond acceptors (Lipinski definition) is 4. The molecule has 1 fully saturated rings. The Morgan fingerprint density at radius 1 is 1.17 bits per heavy atom. The van der Waals surface area contributed by atoms with Crippen LogP contribution >= 0.6 is 0 Å². The maximum absolute atomic E-state index is 12.2. The molecule has 1 aliphatic heterocycles. The monoisotopic (exact) mass is 341 g/mol. The molecule has 23 heavy (non-hydrogen) atoms. The predicted molar refractivity (Wildman–Crippen MR) is 87.0 cm³/mol. The van der Waals surface area contributed by atoms with E-state index in [0.717, 1.165) is 5.56 Å². The first kappa shape index (κ1) is 17.7. The van der Waals surface area contributed by atoms with Crippen molar-refractivity contribution in [1.29, 1.82) is 0 Å². The van der Waals surface area contributed by atoms with Gasteiger partial charge in [-0.2, -0.15) is 17.0 Å². The number of hydrogen-bond donors (Lipinski definition) is 0. The minimum Gasteiger partial charge on any atom is -0.445 e. The van der Waals surface area contributed by atoms with Gasteiger partial charge < -0.3 is 9.64 Å². The largest absolute Gasteiger partial charge is 0.445 e. The van der Waals surface area contributed by atoms with Gasteiger partial charge in [0.25, 0.3) is 10.2 Å². The summed E-state index contributed by atoms with van der Waals surface area (Å²) in [6.07, 6.45) is -0.408. The van der Waals surface area contributed by atoms with Crippen LogP contribution in [0, 0.1) is 0 Å². The van der Waals surface area contributed by atoms with Gasteiger partial charge in [-0.05, 0) is 5.56 Å². The number of nitrogens with zero attached hydrogens (tertiary/aromatic N) is 3. The second kappa shape index (κ2) is 7.76. The van der Waals surface area contributed by atoms with Gasteiger partial charge in [0.05, 0.1) is 0 Å². The lowest BCUT2D eigenvalue weighted by Crippen LogP contribution is -2.53. The van der Waals surface area contributed by atoms with E-state index in [1.807, 2.05) is 30.3 Å². The van der Waals surface area contributed by atoms with Gasteiger partial charge in [0.1, 0.15) is 6.61 Å². The van der Waals surface area contributed by atoms with Gasteiger partial charge in [-0.3, -0.25) is 0 Å². The molecule has 0 bridgehead atoms. The van der Waals surface area contributed by atoms with Crippen molar-refractivity contribution in [3.63, 3.8) is 0 Å². The van der Waals surface area contributed by atoms with E-state index in [1.54, 1.807) is 18.9 Å². The fourth-order valence-electron chi connectivity index (χ4n) is 2.27. The standard InChI is InChI=1S/C15H23N3O4S/c1-3-16(2)23(20,21)18-11-9-17(10-12-18)15(19)22-13-14-7-5-4-6-8-14/h4-8H,3,9-13H2,1-2H3. The fourth-order valence-corrected chi connectivity index (χ4v) is 3.62. The molecule has 1 aromatic carbocycles. The van der Waals surface area contributed by atoms with E-state index in [2.05, 4.69) is 0 Å². The van der Waals surface area contributed by atoms with Gasteiger partial charge in [-0.1, -0.05) is 37.3 Å². The molecule has 0 saturated carbocycles. The molecule has 8 heteroatoms. The van der Waals surface area contributed by atoms with Crippen molar-refractivity contribution in [2.45, 2.75) is 13.5 Å². The molecule has 0 unspecified atom stereocenters. The molecule has 1 aromatic rings. The Morgan fingerprint density at radius 3 is 2.35 bits per heavy atom. The zero-order chi connectivity index (χ0) is 16.9. The van der Waals surface area contributed by atoms with Crippen molar-refractivity contribution in [3.8, 4) is 0 Å². The Hall–Kier alpha value is -1.64. The summed E-state index contributed by atoms with van der Waals surface area (Å²) in [6, 6.07) is 9.45. The molecular weight excluding hydrogens is 318 g/mol. The van der Waals surface area contributed by atoms with E-state index in [1.165, 1.54) is 8.61 Å². The van der Waals surface area contributed by atoms with Crippen LogP contribution in [0.1, 0.15) is 12.5 Å². The predicted octanol–water partition coefficient (Wildman–Crippen LogP) is 1.14. The second-order valence-electron chi connectivity index (χ2n) is 5.35. The van der Waals surface area contributed by atoms with E-state index < -0.39 is 16.3 Å². The fraction of sp³-hybridized carbons (Fsp3) is 0.533. The molecule has 0 N–H and O–H groups in total. The van der Waals surface area contributed by atoms with Crippen molar-refractivity contribution in [3.05, 3.63) is 35.9 Å². The van der Waals surface area contributed by atoms with Crippen LogP contribution in [0.4, 0.5) is 4.79 Å². The van der Waals surface area contributed by atoms with Crippen molar-refractivity contribution < 1.29 is 17.9 Å². The van der Waals surface area contributed by atoms with Crippen LogP contribution in [-0.4, -0.2) is 67.8 Å². The molecule has 1 saturated heterocycles. The van der Waals surface area contributed by atoms with Crippen LogP contribution < -0.4 is 0 Å². The number of amides is 1. The third-order valence-corrected chi connectivity index (χ3v) is 5.93. The van der Waals surface area contributed by atoms with Gasteiger partial charge in [-0.25, -0.2) is 4.79 Å². The summed E-state index contributed by atoms with van der Waals surface area (Å²) in [5, 5.41) is 0. The van der Waals surface area contributed by atoms with Gasteiger partial charge in [0, 0.05) is 39.8 Å². The third kappa shape index (κ3) is 4.43. The van der Waals surface area contributed by atoms with Gasteiger partial charge >= 0.3 is 6.09 Å². The van der Waals surface area contributed by atoms with E-state index in [-0.39, 0.29) is 19.7 Å². The van der Waals surface area contributed by atoms with Crippen LogP contribution in [0.3, 0.4) is 0 Å². The van der Waals surface area contributed by atoms with Crippen molar-refractivity contribution in [2.24, 2.45) is 0 Å². The molecule has 0 spiro atoms. The summed E-state index contributed by atoms with van der Waals surface area (Å²) >= 11 is 0. The molecule has 0 aliphatic carbocycles.